The molecule has 0 bridgehead atoms. The van der Waals surface area contributed by atoms with Crippen LogP contribution in [0.3, 0.4) is 0 Å². The summed E-state index contributed by atoms with van der Waals surface area (Å²) in [6.45, 7) is 4.09. The second kappa shape index (κ2) is 6.88. The standard InChI is InChI=1S/C18H18N4OS/c1-11-8-9-13(12(2)10-11)16-20-17(19)22-18(21-16)24-15-7-5-4-6-14(15)23-3/h4-10H,1-3H3,(H2,19,20,21,22). The molecule has 0 amide bonds. The number of anilines is 1. The van der Waals surface area contributed by atoms with Crippen LogP contribution in [0.2, 0.25) is 0 Å². The Hall–Kier alpha value is -2.60. The maximum atomic E-state index is 5.89. The van der Waals surface area contributed by atoms with Crippen molar-refractivity contribution in [3.63, 3.8) is 0 Å². The Morgan fingerprint density at radius 3 is 2.54 bits per heavy atom. The Labute approximate surface area is 145 Å². The molecule has 0 atom stereocenters. The monoisotopic (exact) mass is 338 g/mol. The Morgan fingerprint density at radius 2 is 1.79 bits per heavy atom. The summed E-state index contributed by atoms with van der Waals surface area (Å²) in [5, 5.41) is 0.543. The molecule has 0 aliphatic carbocycles. The van der Waals surface area contributed by atoms with Crippen molar-refractivity contribution in [2.75, 3.05) is 12.8 Å². The number of para-hydroxylation sites is 1. The fourth-order valence-corrected chi connectivity index (χ4v) is 3.27. The largest absolute Gasteiger partial charge is 0.496 e. The van der Waals surface area contributed by atoms with Crippen molar-refractivity contribution in [2.24, 2.45) is 0 Å². The minimum atomic E-state index is 0.206. The van der Waals surface area contributed by atoms with Crippen molar-refractivity contribution in [2.45, 2.75) is 23.9 Å². The molecular weight excluding hydrogens is 320 g/mol. The Balaban J connectivity index is 2.00. The van der Waals surface area contributed by atoms with Crippen LogP contribution in [0.4, 0.5) is 5.95 Å². The van der Waals surface area contributed by atoms with Gasteiger partial charge in [0.25, 0.3) is 0 Å². The lowest BCUT2D eigenvalue weighted by Gasteiger charge is -2.09. The van der Waals surface area contributed by atoms with E-state index >= 15 is 0 Å². The van der Waals surface area contributed by atoms with Crippen molar-refractivity contribution in [3.8, 4) is 17.1 Å². The molecule has 0 radical (unpaired) electrons. The molecule has 122 valence electrons. The van der Waals surface area contributed by atoms with Crippen molar-refractivity contribution in [3.05, 3.63) is 53.6 Å². The minimum Gasteiger partial charge on any atom is -0.496 e. The van der Waals surface area contributed by atoms with Crippen LogP contribution < -0.4 is 10.5 Å². The normalized spacial score (nSPS) is 10.6. The summed E-state index contributed by atoms with van der Waals surface area (Å²) in [4.78, 5) is 14.0. The van der Waals surface area contributed by atoms with E-state index in [4.69, 9.17) is 10.5 Å². The maximum Gasteiger partial charge on any atom is 0.224 e. The van der Waals surface area contributed by atoms with Crippen LogP contribution in [0.15, 0.2) is 52.5 Å². The number of nitrogens with zero attached hydrogens (tertiary/aromatic N) is 3. The number of ether oxygens (including phenoxy) is 1. The van der Waals surface area contributed by atoms with Gasteiger partial charge in [-0.3, -0.25) is 0 Å². The number of benzene rings is 2. The van der Waals surface area contributed by atoms with Crippen LogP contribution in [0.1, 0.15) is 11.1 Å². The highest BCUT2D eigenvalue weighted by atomic mass is 32.2. The maximum absolute atomic E-state index is 5.89. The fourth-order valence-electron chi connectivity index (χ4n) is 2.40. The number of rotatable bonds is 4. The summed E-state index contributed by atoms with van der Waals surface area (Å²) in [5.74, 6) is 1.56. The molecule has 1 aromatic heterocycles. The van der Waals surface area contributed by atoms with E-state index in [0.29, 0.717) is 11.0 Å². The molecule has 0 aliphatic heterocycles. The molecule has 2 aromatic carbocycles. The Kier molecular flexibility index (Phi) is 4.66. The zero-order valence-electron chi connectivity index (χ0n) is 13.8. The lowest BCUT2D eigenvalue weighted by Crippen LogP contribution is -2.02. The summed E-state index contributed by atoms with van der Waals surface area (Å²) >= 11 is 1.40. The first-order chi connectivity index (χ1) is 11.6. The average Bonchev–Trinajstić information content (AvgIpc) is 2.54. The van der Waals surface area contributed by atoms with Gasteiger partial charge in [-0.25, -0.2) is 4.98 Å². The number of hydrogen-bond donors (Lipinski definition) is 1. The highest BCUT2D eigenvalue weighted by molar-refractivity contribution is 7.99. The van der Waals surface area contributed by atoms with Gasteiger partial charge in [0, 0.05) is 5.56 Å². The lowest BCUT2D eigenvalue weighted by molar-refractivity contribution is 0.405. The molecule has 24 heavy (non-hydrogen) atoms. The van der Waals surface area contributed by atoms with E-state index in [1.54, 1.807) is 7.11 Å². The Morgan fingerprint density at radius 1 is 1.00 bits per heavy atom. The molecular formula is C18H18N4OS. The van der Waals surface area contributed by atoms with Crippen molar-refractivity contribution in [1.29, 1.82) is 0 Å². The molecule has 0 unspecified atom stereocenters. The molecule has 0 saturated carbocycles. The predicted octanol–water partition coefficient (Wildman–Crippen LogP) is 3.90. The smallest absolute Gasteiger partial charge is 0.224 e. The SMILES string of the molecule is COc1ccccc1Sc1nc(N)nc(-c2ccc(C)cc2C)n1. The van der Waals surface area contributed by atoms with E-state index in [1.807, 2.05) is 43.3 Å². The minimum absolute atomic E-state index is 0.206. The fraction of sp³-hybridized carbons (Fsp3) is 0.167. The second-order valence-corrected chi connectivity index (χ2v) is 6.38. The molecule has 0 saturated heterocycles. The van der Waals surface area contributed by atoms with Crippen LogP contribution in [0.25, 0.3) is 11.4 Å². The molecule has 5 nitrogen and oxygen atoms in total. The number of hydrogen-bond acceptors (Lipinski definition) is 6. The first kappa shape index (κ1) is 16.3. The average molecular weight is 338 g/mol. The molecule has 3 rings (SSSR count). The third kappa shape index (κ3) is 3.49. The summed E-state index contributed by atoms with van der Waals surface area (Å²) in [6, 6.07) is 13.9. The summed E-state index contributed by atoms with van der Waals surface area (Å²) in [6.07, 6.45) is 0. The highest BCUT2D eigenvalue weighted by Crippen LogP contribution is 2.33. The summed E-state index contributed by atoms with van der Waals surface area (Å²) < 4.78 is 5.37. The molecule has 3 aromatic rings. The summed E-state index contributed by atoms with van der Waals surface area (Å²) in [7, 11) is 1.64. The number of methoxy groups -OCH3 is 1. The van der Waals surface area contributed by atoms with Gasteiger partial charge in [-0.05, 0) is 43.3 Å². The summed E-state index contributed by atoms with van der Waals surface area (Å²) in [5.41, 5.74) is 9.15. The number of nitrogens with two attached hydrogens (primary N) is 1. The van der Waals surface area contributed by atoms with Gasteiger partial charge in [-0.15, -0.1) is 0 Å². The molecule has 0 aliphatic rings. The van der Waals surface area contributed by atoms with Gasteiger partial charge in [0.1, 0.15) is 5.75 Å². The Bertz CT molecular complexity index is 883. The van der Waals surface area contributed by atoms with E-state index in [-0.39, 0.29) is 5.95 Å². The van der Waals surface area contributed by atoms with E-state index in [9.17, 15) is 0 Å². The van der Waals surface area contributed by atoms with Crippen molar-refractivity contribution < 1.29 is 4.74 Å². The van der Waals surface area contributed by atoms with Gasteiger partial charge < -0.3 is 10.5 Å². The van der Waals surface area contributed by atoms with Crippen molar-refractivity contribution in [1.82, 2.24) is 15.0 Å². The quantitative estimate of drug-likeness (QED) is 0.778. The van der Waals surface area contributed by atoms with Gasteiger partial charge in [0.2, 0.25) is 5.95 Å². The molecule has 0 fully saturated rings. The number of nitrogen functional groups attached to an aromatic ring is 1. The number of aromatic nitrogens is 3. The topological polar surface area (TPSA) is 73.9 Å². The molecule has 1 heterocycles. The van der Waals surface area contributed by atoms with Crippen LogP contribution in [-0.4, -0.2) is 22.1 Å². The molecule has 6 heteroatoms. The van der Waals surface area contributed by atoms with E-state index in [0.717, 1.165) is 21.8 Å². The van der Waals surface area contributed by atoms with Gasteiger partial charge >= 0.3 is 0 Å². The van der Waals surface area contributed by atoms with E-state index in [2.05, 4.69) is 27.9 Å². The van der Waals surface area contributed by atoms with Gasteiger partial charge in [0.15, 0.2) is 11.0 Å². The number of aryl methyl sites for hydroxylation is 2. The van der Waals surface area contributed by atoms with E-state index in [1.165, 1.54) is 17.3 Å². The lowest BCUT2D eigenvalue weighted by atomic mass is 10.1. The molecule has 2 N–H and O–H groups in total. The molecule has 0 spiro atoms. The van der Waals surface area contributed by atoms with Gasteiger partial charge in [-0.1, -0.05) is 35.9 Å². The first-order valence-corrected chi connectivity index (χ1v) is 8.28. The second-order valence-electron chi connectivity index (χ2n) is 5.37. The van der Waals surface area contributed by atoms with Crippen LogP contribution in [-0.2, 0) is 0 Å². The zero-order chi connectivity index (χ0) is 17.1. The zero-order valence-corrected chi connectivity index (χ0v) is 14.6. The van der Waals surface area contributed by atoms with Crippen LogP contribution in [0.5, 0.6) is 5.75 Å². The third-order valence-corrected chi connectivity index (χ3v) is 4.45. The first-order valence-electron chi connectivity index (χ1n) is 7.47. The van der Waals surface area contributed by atoms with Crippen LogP contribution >= 0.6 is 11.8 Å². The predicted molar refractivity (Wildman–Crippen MR) is 96.3 cm³/mol. The van der Waals surface area contributed by atoms with Gasteiger partial charge in [0.05, 0.1) is 12.0 Å². The highest BCUT2D eigenvalue weighted by Gasteiger charge is 2.12. The van der Waals surface area contributed by atoms with Crippen molar-refractivity contribution >= 4 is 17.7 Å². The van der Waals surface area contributed by atoms with Gasteiger partial charge in [-0.2, -0.15) is 9.97 Å². The third-order valence-electron chi connectivity index (χ3n) is 3.53. The van der Waals surface area contributed by atoms with Crippen LogP contribution in [0, 0.1) is 13.8 Å². The van der Waals surface area contributed by atoms with E-state index < -0.39 is 0 Å².